The van der Waals surface area contributed by atoms with Crippen LogP contribution >= 0.6 is 0 Å². The van der Waals surface area contributed by atoms with Gasteiger partial charge in [-0.2, -0.15) is 0 Å². The minimum atomic E-state index is -0.582. The number of fused-ring (bicyclic) bond motifs is 1. The van der Waals surface area contributed by atoms with Gasteiger partial charge in [0.25, 0.3) is 5.56 Å². The van der Waals surface area contributed by atoms with Gasteiger partial charge >= 0.3 is 0 Å². The van der Waals surface area contributed by atoms with E-state index in [2.05, 4.69) is 25.9 Å². The maximum Gasteiger partial charge on any atom is 0.251 e. The van der Waals surface area contributed by atoms with Gasteiger partial charge in [-0.25, -0.2) is 4.68 Å². The van der Waals surface area contributed by atoms with Crippen LogP contribution in [0, 0.1) is 5.92 Å². The number of nitrogens with one attached hydrogen (secondary N) is 3. The van der Waals surface area contributed by atoms with Gasteiger partial charge in [0.05, 0.1) is 18.7 Å². The summed E-state index contributed by atoms with van der Waals surface area (Å²) in [5.74, 6) is 0.586. The van der Waals surface area contributed by atoms with Crippen LogP contribution in [-0.2, 0) is 29.6 Å². The first kappa shape index (κ1) is 27.6. The smallest absolute Gasteiger partial charge is 0.251 e. The quantitative estimate of drug-likeness (QED) is 0.295. The molecule has 2 saturated heterocycles. The summed E-state index contributed by atoms with van der Waals surface area (Å²) in [7, 11) is 3.48. The number of aryl methyl sites for hydroxylation is 1. The van der Waals surface area contributed by atoms with E-state index in [0.717, 1.165) is 34.3 Å². The summed E-state index contributed by atoms with van der Waals surface area (Å²) in [4.78, 5) is 44.3. The second-order valence-electron chi connectivity index (χ2n) is 11.3. The Morgan fingerprint density at radius 2 is 1.90 bits per heavy atom. The lowest BCUT2D eigenvalue weighted by Gasteiger charge is -2.27. The average molecular weight is 570 g/mol. The third-order valence-corrected chi connectivity index (χ3v) is 8.52. The van der Waals surface area contributed by atoms with Crippen LogP contribution in [-0.4, -0.2) is 69.0 Å². The lowest BCUT2D eigenvalue weighted by molar-refractivity contribution is -0.139. The maximum atomic E-state index is 13.9. The number of rotatable bonds is 8. The average Bonchev–Trinajstić information content (AvgIpc) is 3.75. The Bertz CT molecular complexity index is 1650. The molecule has 4 unspecified atom stereocenters. The molecular weight excluding hydrogens is 534 g/mol. The predicted octanol–water partition coefficient (Wildman–Crippen LogP) is 1.89. The Morgan fingerprint density at radius 1 is 1.10 bits per heavy atom. The number of amides is 2. The van der Waals surface area contributed by atoms with Crippen molar-refractivity contribution in [2.75, 3.05) is 20.2 Å². The van der Waals surface area contributed by atoms with E-state index in [1.54, 1.807) is 29.0 Å². The Morgan fingerprint density at radius 3 is 2.69 bits per heavy atom. The van der Waals surface area contributed by atoms with Crippen LogP contribution in [0.5, 0.6) is 5.75 Å². The number of carbonyl (C=O) groups is 2. The number of hydrogen-bond donors (Lipinski definition) is 3. The zero-order valence-electron chi connectivity index (χ0n) is 23.7. The Hall–Kier alpha value is -4.51. The standard InChI is InChI=1S/C31H35N7O4/c1-37-27-10-7-20(13-25(27)35-36-37)16-34-30(40)28-14-21(12-19-5-8-23(42-2)9-6-19)18-38(28)31(41)26-15-22(17-33-26)24-4-3-11-32-29(24)39/h3-11,13,21-22,26,28,33H,12,14-18H2,1-2H3,(H,32,39)(H,34,40). The molecule has 6 rings (SSSR count). The van der Waals surface area contributed by atoms with Crippen LogP contribution in [0.15, 0.2) is 65.6 Å². The van der Waals surface area contributed by atoms with E-state index in [1.165, 1.54) is 0 Å². The summed E-state index contributed by atoms with van der Waals surface area (Å²) in [5.41, 5.74) is 4.27. The van der Waals surface area contributed by atoms with Crippen LogP contribution in [0.2, 0.25) is 0 Å². The van der Waals surface area contributed by atoms with Crippen molar-refractivity contribution in [3.05, 3.63) is 87.8 Å². The zero-order chi connectivity index (χ0) is 29.2. The third kappa shape index (κ3) is 5.64. The number of hydrogen-bond acceptors (Lipinski definition) is 7. The largest absolute Gasteiger partial charge is 0.497 e. The molecule has 2 aromatic heterocycles. The van der Waals surface area contributed by atoms with E-state index < -0.39 is 12.1 Å². The fourth-order valence-electron chi connectivity index (χ4n) is 6.28. The zero-order valence-corrected chi connectivity index (χ0v) is 23.7. The normalized spacial score (nSPS) is 22.0. The highest BCUT2D eigenvalue weighted by molar-refractivity contribution is 5.90. The topological polar surface area (TPSA) is 134 Å². The summed E-state index contributed by atoms with van der Waals surface area (Å²) in [6.45, 7) is 1.35. The number of likely N-dealkylation sites (tertiary alicyclic amines) is 1. The van der Waals surface area contributed by atoms with Crippen molar-refractivity contribution in [1.29, 1.82) is 0 Å². The van der Waals surface area contributed by atoms with E-state index in [0.29, 0.717) is 38.0 Å². The lowest BCUT2D eigenvalue weighted by Crippen LogP contribution is -2.51. The van der Waals surface area contributed by atoms with Crippen molar-refractivity contribution in [2.45, 2.75) is 43.8 Å². The van der Waals surface area contributed by atoms with Crippen molar-refractivity contribution in [2.24, 2.45) is 13.0 Å². The Labute approximate surface area is 243 Å². The van der Waals surface area contributed by atoms with Gasteiger partial charge in [-0.1, -0.05) is 29.5 Å². The van der Waals surface area contributed by atoms with Gasteiger partial charge in [-0.05, 0) is 66.6 Å². The molecule has 42 heavy (non-hydrogen) atoms. The molecule has 0 saturated carbocycles. The second-order valence-corrected chi connectivity index (χ2v) is 11.3. The van der Waals surface area contributed by atoms with Gasteiger partial charge in [0.1, 0.15) is 17.3 Å². The van der Waals surface area contributed by atoms with E-state index >= 15 is 0 Å². The molecule has 11 heteroatoms. The molecule has 2 aliphatic heterocycles. The van der Waals surface area contributed by atoms with Crippen molar-refractivity contribution in [1.82, 2.24) is 35.5 Å². The first-order valence-electron chi connectivity index (χ1n) is 14.3. The first-order valence-corrected chi connectivity index (χ1v) is 14.3. The number of benzene rings is 2. The molecule has 0 spiro atoms. The van der Waals surface area contributed by atoms with Gasteiger partial charge < -0.3 is 25.3 Å². The van der Waals surface area contributed by atoms with Gasteiger partial charge in [0.2, 0.25) is 11.8 Å². The molecule has 4 heterocycles. The molecule has 0 bridgehead atoms. The molecule has 11 nitrogen and oxygen atoms in total. The van der Waals surface area contributed by atoms with Crippen LogP contribution in [0.4, 0.5) is 0 Å². The highest BCUT2D eigenvalue weighted by Crippen LogP contribution is 2.31. The number of H-pyrrole nitrogens is 1. The monoisotopic (exact) mass is 569 g/mol. The second kappa shape index (κ2) is 11.8. The van der Waals surface area contributed by atoms with Crippen molar-refractivity contribution < 1.29 is 14.3 Å². The van der Waals surface area contributed by atoms with E-state index in [-0.39, 0.29) is 29.2 Å². The van der Waals surface area contributed by atoms with Crippen LogP contribution in [0.25, 0.3) is 11.0 Å². The molecule has 2 fully saturated rings. The summed E-state index contributed by atoms with van der Waals surface area (Å²) in [5, 5.41) is 14.6. The molecule has 2 amide bonds. The van der Waals surface area contributed by atoms with E-state index in [9.17, 15) is 14.4 Å². The SMILES string of the molecule is COc1ccc(CC2CC(C(=O)NCc3ccc4c(c3)nnn4C)N(C(=O)C3CC(c4ccc[nH]c4=O)CN3)C2)cc1. The number of methoxy groups -OCH3 is 1. The number of aromatic nitrogens is 4. The van der Waals surface area contributed by atoms with Gasteiger partial charge in [-0.3, -0.25) is 14.4 Å². The minimum Gasteiger partial charge on any atom is -0.497 e. The predicted molar refractivity (Wildman–Crippen MR) is 157 cm³/mol. The molecule has 3 N–H and O–H groups in total. The first-order chi connectivity index (χ1) is 20.4. The Balaban J connectivity index is 1.17. The molecule has 218 valence electrons. The van der Waals surface area contributed by atoms with Crippen molar-refractivity contribution in [3.63, 3.8) is 0 Å². The molecule has 4 aromatic rings. The highest BCUT2D eigenvalue weighted by Gasteiger charge is 2.43. The lowest BCUT2D eigenvalue weighted by atomic mass is 9.96. The Kier molecular flexibility index (Phi) is 7.75. The van der Waals surface area contributed by atoms with Crippen LogP contribution in [0.3, 0.4) is 0 Å². The minimum absolute atomic E-state index is 0.0649. The number of aromatic amines is 1. The van der Waals surface area contributed by atoms with Gasteiger partial charge in [0, 0.05) is 44.4 Å². The van der Waals surface area contributed by atoms with Crippen molar-refractivity contribution >= 4 is 22.8 Å². The van der Waals surface area contributed by atoms with Gasteiger partial charge in [0.15, 0.2) is 0 Å². The maximum absolute atomic E-state index is 13.9. The van der Waals surface area contributed by atoms with Gasteiger partial charge in [-0.15, -0.1) is 5.10 Å². The van der Waals surface area contributed by atoms with E-state index in [1.807, 2.05) is 55.6 Å². The van der Waals surface area contributed by atoms with Crippen molar-refractivity contribution in [3.8, 4) is 5.75 Å². The summed E-state index contributed by atoms with van der Waals surface area (Å²) in [6.07, 6.45) is 3.44. The number of nitrogens with zero attached hydrogens (tertiary/aromatic N) is 4. The number of carbonyl (C=O) groups excluding carboxylic acids is 2. The van der Waals surface area contributed by atoms with E-state index in [4.69, 9.17) is 4.74 Å². The summed E-state index contributed by atoms with van der Waals surface area (Å²) in [6, 6.07) is 16.3. The fourth-order valence-corrected chi connectivity index (χ4v) is 6.28. The van der Waals surface area contributed by atoms with Crippen LogP contribution in [0.1, 0.15) is 35.4 Å². The summed E-state index contributed by atoms with van der Waals surface area (Å²) < 4.78 is 6.99. The summed E-state index contributed by atoms with van der Waals surface area (Å²) >= 11 is 0. The number of ether oxygens (including phenoxy) is 1. The molecule has 4 atom stereocenters. The molecule has 2 aliphatic rings. The van der Waals surface area contributed by atoms with Crippen LogP contribution < -0.4 is 20.9 Å². The molecule has 0 radical (unpaired) electrons. The highest BCUT2D eigenvalue weighted by atomic mass is 16.5. The fraction of sp³-hybridized carbons (Fsp3) is 0.387. The molecule has 0 aliphatic carbocycles. The molecule has 2 aromatic carbocycles. The molecular formula is C31H35N7O4. The third-order valence-electron chi connectivity index (χ3n) is 8.52. The number of pyridine rings is 1.